The Morgan fingerprint density at radius 1 is 1.13 bits per heavy atom. The number of hydrogen-bond donors (Lipinski definition) is 1. The maximum Gasteiger partial charge on any atom is 0.404 e. The molecule has 1 amide bonds. The Morgan fingerprint density at radius 2 is 1.53 bits per heavy atom. The predicted octanol–water partition coefficient (Wildman–Crippen LogP) is 1.42. The van der Waals surface area contributed by atoms with Crippen molar-refractivity contribution in [1.82, 2.24) is 0 Å². The summed E-state index contributed by atoms with van der Waals surface area (Å²) in [4.78, 5) is 9.37. The van der Waals surface area contributed by atoms with Gasteiger partial charge in [-0.25, -0.2) is 4.79 Å². The average molecular weight is 213 g/mol. The molecule has 0 aromatic heterocycles. The molecule has 0 heterocycles. The van der Waals surface area contributed by atoms with Gasteiger partial charge in [0.2, 0.25) is 0 Å². The molecule has 0 bridgehead atoms. The molecule has 0 aliphatic heterocycles. The van der Waals surface area contributed by atoms with Crippen LogP contribution >= 0.6 is 0 Å². The number of nitrogens with two attached hydrogens (primary N) is 1. The molecule has 1 aromatic rings. The third-order valence-electron chi connectivity index (χ3n) is 1.48. The van der Waals surface area contributed by atoms with Gasteiger partial charge in [-0.2, -0.15) is 0 Å². The van der Waals surface area contributed by atoms with Crippen molar-refractivity contribution in [3.05, 3.63) is 24.3 Å². The molecule has 5 nitrogen and oxygen atoms in total. The molecule has 15 heavy (non-hydrogen) atoms. The van der Waals surface area contributed by atoms with Crippen molar-refractivity contribution in [2.45, 2.75) is 0 Å². The Kier molecular flexibility index (Phi) is 6.54. The Balaban J connectivity index is 0.000000336. The van der Waals surface area contributed by atoms with Gasteiger partial charge in [-0.3, -0.25) is 0 Å². The van der Waals surface area contributed by atoms with E-state index < -0.39 is 6.09 Å². The van der Waals surface area contributed by atoms with Crippen LogP contribution in [0.5, 0.6) is 11.5 Å². The molecule has 0 atom stereocenters. The number of amides is 1. The quantitative estimate of drug-likeness (QED) is 0.806. The van der Waals surface area contributed by atoms with E-state index in [1.54, 1.807) is 14.2 Å². The highest BCUT2D eigenvalue weighted by molar-refractivity contribution is 5.64. The Hall–Kier alpha value is -1.91. The van der Waals surface area contributed by atoms with E-state index in [1.165, 1.54) is 7.11 Å². The number of carbonyl (C=O) groups excluding carboxylic acids is 1. The van der Waals surface area contributed by atoms with Crippen LogP contribution in [0.3, 0.4) is 0 Å². The number of rotatable bonds is 2. The molecule has 0 saturated heterocycles. The molecular weight excluding hydrogens is 198 g/mol. The van der Waals surface area contributed by atoms with Crippen molar-refractivity contribution in [2.75, 3.05) is 21.3 Å². The average Bonchev–Trinajstić information content (AvgIpc) is 2.29. The van der Waals surface area contributed by atoms with Gasteiger partial charge in [-0.05, 0) is 12.1 Å². The van der Waals surface area contributed by atoms with Crippen molar-refractivity contribution < 1.29 is 19.0 Å². The maximum atomic E-state index is 9.37. The van der Waals surface area contributed by atoms with E-state index in [-0.39, 0.29) is 0 Å². The molecule has 0 radical (unpaired) electrons. The predicted molar refractivity (Wildman–Crippen MR) is 56.1 cm³/mol. The fourth-order valence-electron chi connectivity index (χ4n) is 0.728. The highest BCUT2D eigenvalue weighted by atomic mass is 16.5. The first-order chi connectivity index (χ1) is 7.13. The van der Waals surface area contributed by atoms with Crippen LogP contribution in [0.25, 0.3) is 0 Å². The van der Waals surface area contributed by atoms with Crippen molar-refractivity contribution in [3.63, 3.8) is 0 Å². The van der Waals surface area contributed by atoms with Crippen LogP contribution in [0.2, 0.25) is 0 Å². The molecule has 0 fully saturated rings. The molecule has 0 spiro atoms. The Morgan fingerprint density at radius 3 is 1.80 bits per heavy atom. The third kappa shape index (κ3) is 6.20. The molecule has 0 unspecified atom stereocenters. The molecule has 84 valence electrons. The second kappa shape index (κ2) is 7.49. The number of carbonyl (C=O) groups is 1. The lowest BCUT2D eigenvalue weighted by atomic mass is 10.3. The summed E-state index contributed by atoms with van der Waals surface area (Å²) in [5.41, 5.74) is 4.43. The van der Waals surface area contributed by atoms with Crippen LogP contribution < -0.4 is 15.2 Å². The zero-order valence-corrected chi connectivity index (χ0v) is 9.02. The minimum Gasteiger partial charge on any atom is -0.497 e. The summed E-state index contributed by atoms with van der Waals surface area (Å²) in [6.07, 6.45) is -0.745. The number of methoxy groups -OCH3 is 3. The normalized spacial score (nSPS) is 8.20. The van der Waals surface area contributed by atoms with Crippen LogP contribution in [-0.2, 0) is 4.74 Å². The fourth-order valence-corrected chi connectivity index (χ4v) is 0.728. The van der Waals surface area contributed by atoms with Crippen molar-refractivity contribution in [2.24, 2.45) is 5.73 Å². The SMILES string of the molecule is COC(N)=O.COc1cccc(OC)c1. The van der Waals surface area contributed by atoms with Gasteiger partial charge in [-0.15, -0.1) is 0 Å². The molecule has 5 heteroatoms. The minimum absolute atomic E-state index is 0.745. The first-order valence-corrected chi connectivity index (χ1v) is 4.15. The van der Waals surface area contributed by atoms with E-state index in [1.807, 2.05) is 24.3 Å². The molecule has 0 aliphatic rings. The summed E-state index contributed by atoms with van der Waals surface area (Å²) in [5, 5.41) is 0. The lowest BCUT2D eigenvalue weighted by molar-refractivity contribution is 0.182. The summed E-state index contributed by atoms with van der Waals surface area (Å²) in [6, 6.07) is 7.47. The van der Waals surface area contributed by atoms with Crippen LogP contribution in [0.1, 0.15) is 0 Å². The smallest absolute Gasteiger partial charge is 0.404 e. The van der Waals surface area contributed by atoms with E-state index in [0.717, 1.165) is 11.5 Å². The van der Waals surface area contributed by atoms with Crippen molar-refractivity contribution in [3.8, 4) is 11.5 Å². The molecule has 0 aliphatic carbocycles. The van der Waals surface area contributed by atoms with Crippen molar-refractivity contribution >= 4 is 6.09 Å². The van der Waals surface area contributed by atoms with Crippen LogP contribution in [-0.4, -0.2) is 27.4 Å². The summed E-state index contributed by atoms with van der Waals surface area (Å²) in [7, 11) is 4.49. The number of benzene rings is 1. The monoisotopic (exact) mass is 213 g/mol. The summed E-state index contributed by atoms with van der Waals surface area (Å²) >= 11 is 0. The minimum atomic E-state index is -0.745. The van der Waals surface area contributed by atoms with Gasteiger partial charge >= 0.3 is 6.09 Å². The van der Waals surface area contributed by atoms with E-state index >= 15 is 0 Å². The summed E-state index contributed by atoms with van der Waals surface area (Å²) < 4.78 is 13.8. The Bertz CT molecular complexity index is 282. The number of ether oxygens (including phenoxy) is 3. The molecule has 1 rings (SSSR count). The van der Waals surface area contributed by atoms with Gasteiger partial charge < -0.3 is 19.9 Å². The lowest BCUT2D eigenvalue weighted by Crippen LogP contribution is -2.08. The van der Waals surface area contributed by atoms with Crippen LogP contribution in [0.4, 0.5) is 4.79 Å². The molecule has 0 saturated carbocycles. The van der Waals surface area contributed by atoms with Gasteiger partial charge in [0.05, 0.1) is 21.3 Å². The lowest BCUT2D eigenvalue weighted by Gasteiger charge is -2.01. The van der Waals surface area contributed by atoms with Gasteiger partial charge in [0.25, 0.3) is 0 Å². The largest absolute Gasteiger partial charge is 0.497 e. The number of hydrogen-bond acceptors (Lipinski definition) is 4. The van der Waals surface area contributed by atoms with Crippen molar-refractivity contribution in [1.29, 1.82) is 0 Å². The van der Waals surface area contributed by atoms with Gasteiger partial charge in [0.1, 0.15) is 11.5 Å². The first-order valence-electron chi connectivity index (χ1n) is 4.15. The zero-order valence-electron chi connectivity index (χ0n) is 9.02. The highest BCUT2D eigenvalue weighted by Gasteiger charge is 1.91. The summed E-state index contributed by atoms with van der Waals surface area (Å²) in [6.45, 7) is 0. The van der Waals surface area contributed by atoms with Crippen LogP contribution in [0, 0.1) is 0 Å². The highest BCUT2D eigenvalue weighted by Crippen LogP contribution is 2.17. The van der Waals surface area contributed by atoms with Gasteiger partial charge in [-0.1, -0.05) is 6.07 Å². The summed E-state index contributed by atoms with van der Waals surface area (Å²) in [5.74, 6) is 1.64. The van der Waals surface area contributed by atoms with Gasteiger partial charge in [0, 0.05) is 6.07 Å². The first kappa shape index (κ1) is 13.1. The van der Waals surface area contributed by atoms with E-state index in [4.69, 9.17) is 9.47 Å². The molecule has 1 aromatic carbocycles. The maximum absolute atomic E-state index is 9.37. The topological polar surface area (TPSA) is 70.8 Å². The molecule has 2 N–H and O–H groups in total. The third-order valence-corrected chi connectivity index (χ3v) is 1.48. The van der Waals surface area contributed by atoms with E-state index in [0.29, 0.717) is 0 Å². The van der Waals surface area contributed by atoms with E-state index in [2.05, 4.69) is 10.5 Å². The standard InChI is InChI=1S/C8H10O2.C2H5NO2/c1-9-7-4-3-5-8(6-7)10-2;1-5-2(3)4/h3-6H,1-2H3;1H3,(H2,3,4). The molecular formula is C10H15NO4. The second-order valence-electron chi connectivity index (χ2n) is 2.41. The zero-order chi connectivity index (χ0) is 11.7. The van der Waals surface area contributed by atoms with Crippen LogP contribution in [0.15, 0.2) is 24.3 Å². The van der Waals surface area contributed by atoms with E-state index in [9.17, 15) is 4.79 Å². The second-order valence-corrected chi connectivity index (χ2v) is 2.41. The Labute approximate surface area is 88.7 Å². The fraction of sp³-hybridized carbons (Fsp3) is 0.300. The van der Waals surface area contributed by atoms with Gasteiger partial charge in [0.15, 0.2) is 0 Å². The number of primary amides is 1.